The summed E-state index contributed by atoms with van der Waals surface area (Å²) in [5.41, 5.74) is 6.90. The number of hydrogen-bond acceptors (Lipinski definition) is 5. The maximum absolute atomic E-state index is 9.01. The van der Waals surface area contributed by atoms with Crippen molar-refractivity contribution in [1.82, 2.24) is 0 Å². The fourth-order valence-corrected chi connectivity index (χ4v) is 3.14. The molecule has 0 aliphatic carbocycles. The van der Waals surface area contributed by atoms with Crippen molar-refractivity contribution < 1.29 is 9.59 Å². The normalized spacial score (nSPS) is 7.67. The summed E-state index contributed by atoms with van der Waals surface area (Å²) < 4.78 is 1.54. The van der Waals surface area contributed by atoms with Crippen molar-refractivity contribution in [1.29, 1.82) is 0 Å². The van der Waals surface area contributed by atoms with Gasteiger partial charge in [-0.15, -0.1) is 0 Å². The molecular weight excluding hydrogens is 373 g/mol. The van der Waals surface area contributed by atoms with Crippen LogP contribution in [0.4, 0.5) is 0 Å². The van der Waals surface area contributed by atoms with Gasteiger partial charge in [0.15, 0.2) is 12.6 Å². The zero-order chi connectivity index (χ0) is 14.2. The van der Waals surface area contributed by atoms with E-state index in [-0.39, 0.29) is 21.1 Å². The SMILES string of the molecule is O=CC=S.O=CC=S.[CH3][Sn][c]1ccccc1CN. The Morgan fingerprint density at radius 1 is 1.17 bits per heavy atom. The number of carbonyl (C=O) groups excluding carboxylic acids is 2. The van der Waals surface area contributed by atoms with E-state index in [9.17, 15) is 0 Å². The Labute approximate surface area is 128 Å². The van der Waals surface area contributed by atoms with Gasteiger partial charge in [-0.05, 0) is 0 Å². The molecule has 0 unspecified atom stereocenters. The number of carbonyl (C=O) groups is 2. The topological polar surface area (TPSA) is 60.2 Å². The van der Waals surface area contributed by atoms with Crippen LogP contribution < -0.4 is 9.31 Å². The van der Waals surface area contributed by atoms with Gasteiger partial charge in [0.2, 0.25) is 0 Å². The van der Waals surface area contributed by atoms with Gasteiger partial charge in [-0.25, -0.2) is 0 Å². The van der Waals surface area contributed by atoms with Gasteiger partial charge in [-0.2, -0.15) is 0 Å². The van der Waals surface area contributed by atoms with E-state index in [0.717, 1.165) is 10.7 Å². The Balaban J connectivity index is 0. The van der Waals surface area contributed by atoms with Gasteiger partial charge in [-0.1, -0.05) is 24.4 Å². The summed E-state index contributed by atoms with van der Waals surface area (Å²) in [6.45, 7) is 0.699. The van der Waals surface area contributed by atoms with E-state index >= 15 is 0 Å². The fraction of sp³-hybridized carbons (Fsp3) is 0.167. The monoisotopic (exact) mass is 389 g/mol. The third kappa shape index (κ3) is 12.0. The van der Waals surface area contributed by atoms with Crippen LogP contribution in [0, 0.1) is 0 Å². The number of hydrogen-bond donors (Lipinski definition) is 1. The summed E-state index contributed by atoms with van der Waals surface area (Å²) in [5, 5.41) is 2.06. The van der Waals surface area contributed by atoms with Gasteiger partial charge in [0.05, 0.1) is 0 Å². The molecule has 0 amide bonds. The molecule has 0 aliphatic rings. The van der Waals surface area contributed by atoms with Crippen molar-refractivity contribution in [3.63, 3.8) is 0 Å². The van der Waals surface area contributed by atoms with Crippen molar-refractivity contribution in [2.24, 2.45) is 5.73 Å². The van der Waals surface area contributed by atoms with Crippen LogP contribution >= 0.6 is 24.4 Å². The van der Waals surface area contributed by atoms with E-state index in [1.165, 1.54) is 9.14 Å². The summed E-state index contributed by atoms with van der Waals surface area (Å²) in [5.74, 6) is 0. The molecule has 2 radical (unpaired) electrons. The molecular formula is C12H15NO2S2Sn. The molecule has 1 aromatic carbocycles. The van der Waals surface area contributed by atoms with Crippen LogP contribution in [0.25, 0.3) is 0 Å². The Hall–Kier alpha value is -0.501. The summed E-state index contributed by atoms with van der Waals surface area (Å²) in [7, 11) is 0. The molecule has 0 aromatic heterocycles. The number of rotatable bonds is 4. The predicted octanol–water partition coefficient (Wildman–Crippen LogP) is 0.893. The van der Waals surface area contributed by atoms with Crippen molar-refractivity contribution in [2.45, 2.75) is 11.5 Å². The van der Waals surface area contributed by atoms with Gasteiger partial charge in [0, 0.05) is 10.7 Å². The fourth-order valence-electron chi connectivity index (χ4n) is 0.942. The molecule has 0 fully saturated rings. The van der Waals surface area contributed by atoms with E-state index < -0.39 is 0 Å². The maximum atomic E-state index is 9.01. The number of nitrogens with two attached hydrogens (primary N) is 1. The van der Waals surface area contributed by atoms with Crippen molar-refractivity contribution in [2.75, 3.05) is 0 Å². The summed E-state index contributed by atoms with van der Waals surface area (Å²) in [4.78, 5) is 20.3. The van der Waals surface area contributed by atoms with Gasteiger partial charge in [-0.3, -0.25) is 9.59 Å². The average Bonchev–Trinajstić information content (AvgIpc) is 2.47. The van der Waals surface area contributed by atoms with Crippen LogP contribution in [0.2, 0.25) is 4.94 Å². The molecule has 0 heterocycles. The van der Waals surface area contributed by atoms with Crippen molar-refractivity contribution in [3.05, 3.63) is 29.8 Å². The summed E-state index contributed by atoms with van der Waals surface area (Å²) >= 11 is 7.84. The van der Waals surface area contributed by atoms with Crippen LogP contribution in [-0.4, -0.2) is 44.4 Å². The third-order valence-corrected chi connectivity index (χ3v) is 4.77. The molecule has 0 saturated carbocycles. The molecule has 0 atom stereocenters. The second kappa shape index (κ2) is 16.5. The van der Waals surface area contributed by atoms with E-state index in [0.29, 0.717) is 19.1 Å². The second-order valence-electron chi connectivity index (χ2n) is 2.66. The van der Waals surface area contributed by atoms with Crippen LogP contribution in [0.1, 0.15) is 5.56 Å². The molecule has 0 saturated heterocycles. The average molecular weight is 388 g/mol. The molecule has 0 bridgehead atoms. The molecule has 1 rings (SSSR count). The molecule has 2 N–H and O–H groups in total. The van der Waals surface area contributed by atoms with Gasteiger partial charge >= 0.3 is 71.8 Å². The Kier molecular flexibility index (Phi) is 18.2. The Morgan fingerprint density at radius 3 is 1.89 bits per heavy atom. The number of thiocarbonyl (C=S) groups is 2. The molecule has 96 valence electrons. The van der Waals surface area contributed by atoms with Gasteiger partial charge in [0.1, 0.15) is 0 Å². The van der Waals surface area contributed by atoms with E-state index in [4.69, 9.17) is 15.3 Å². The zero-order valence-corrected chi connectivity index (χ0v) is 14.5. The van der Waals surface area contributed by atoms with Crippen LogP contribution in [0.5, 0.6) is 0 Å². The first-order valence-electron chi connectivity index (χ1n) is 4.95. The van der Waals surface area contributed by atoms with Crippen LogP contribution in [-0.2, 0) is 16.1 Å². The van der Waals surface area contributed by atoms with Crippen molar-refractivity contribution in [3.8, 4) is 0 Å². The molecule has 1 aromatic rings. The van der Waals surface area contributed by atoms with Gasteiger partial charge < -0.3 is 0 Å². The van der Waals surface area contributed by atoms with Crippen LogP contribution in [0.15, 0.2) is 24.3 Å². The molecule has 3 nitrogen and oxygen atoms in total. The van der Waals surface area contributed by atoms with Crippen molar-refractivity contribution >= 4 is 72.5 Å². The number of benzene rings is 1. The van der Waals surface area contributed by atoms with E-state index in [2.05, 4.69) is 53.6 Å². The molecule has 0 aliphatic heterocycles. The van der Waals surface area contributed by atoms with Crippen LogP contribution in [0.3, 0.4) is 0 Å². The predicted molar refractivity (Wildman–Crippen MR) is 85.0 cm³/mol. The minimum absolute atomic E-state index is 0.276. The molecule has 18 heavy (non-hydrogen) atoms. The molecule has 6 heteroatoms. The second-order valence-corrected chi connectivity index (χ2v) is 6.16. The third-order valence-electron chi connectivity index (χ3n) is 1.62. The van der Waals surface area contributed by atoms with Gasteiger partial charge in [0.25, 0.3) is 0 Å². The number of aldehydes is 2. The minimum atomic E-state index is -0.276. The summed E-state index contributed by atoms with van der Waals surface area (Å²) in [6, 6.07) is 8.48. The quantitative estimate of drug-likeness (QED) is 0.472. The Morgan fingerprint density at radius 2 is 1.61 bits per heavy atom. The summed E-state index contributed by atoms with van der Waals surface area (Å²) in [6.07, 6.45) is 1.13. The first-order valence-corrected chi connectivity index (χ1v) is 10.2. The van der Waals surface area contributed by atoms with E-state index in [1.807, 2.05) is 0 Å². The molecule has 0 spiro atoms. The first-order chi connectivity index (χ1) is 8.71. The zero-order valence-electron chi connectivity index (χ0n) is 10.0. The Bertz CT molecular complexity index is 326. The van der Waals surface area contributed by atoms with E-state index in [1.54, 1.807) is 0 Å². The first kappa shape index (κ1) is 19.8. The standard InChI is InChI=1S/C7H8N.2C2H2OS.CH3.Sn/c8-6-7-4-2-1-3-5-7;2*3-1-2-4;;/h1-4H,6,8H2;2*1-2H;1H3;.